The van der Waals surface area contributed by atoms with Gasteiger partial charge in [0.2, 0.25) is 5.91 Å². The smallest absolute Gasteiger partial charge is 0.233 e. The SMILES string of the molecule is CC(C)CCn1c(SCC(=O)N(C2CCCCC2)[C@H]2CCS(=O)(=O)C2)nc2ccccc21. The van der Waals surface area contributed by atoms with Crippen LogP contribution in [0.5, 0.6) is 0 Å². The molecule has 1 amide bonds. The van der Waals surface area contributed by atoms with E-state index < -0.39 is 9.84 Å². The van der Waals surface area contributed by atoms with Crippen LogP contribution in [-0.2, 0) is 21.2 Å². The second kappa shape index (κ2) is 10.2. The van der Waals surface area contributed by atoms with Crippen molar-refractivity contribution in [1.29, 1.82) is 0 Å². The second-order valence-corrected chi connectivity index (χ2v) is 12.8. The number of carbonyl (C=O) groups excluding carboxylic acids is 1. The van der Waals surface area contributed by atoms with Crippen LogP contribution in [0.3, 0.4) is 0 Å². The Morgan fingerprint density at radius 1 is 1.16 bits per heavy atom. The van der Waals surface area contributed by atoms with Crippen LogP contribution in [0.15, 0.2) is 29.4 Å². The third-order valence-corrected chi connectivity index (χ3v) is 9.44. The molecule has 0 unspecified atom stereocenters. The van der Waals surface area contributed by atoms with Crippen molar-refractivity contribution in [2.75, 3.05) is 17.3 Å². The Balaban J connectivity index is 1.52. The van der Waals surface area contributed by atoms with E-state index in [9.17, 15) is 13.2 Å². The van der Waals surface area contributed by atoms with Crippen molar-refractivity contribution in [2.24, 2.45) is 5.92 Å². The van der Waals surface area contributed by atoms with Gasteiger partial charge < -0.3 is 9.47 Å². The number of para-hydroxylation sites is 2. The lowest BCUT2D eigenvalue weighted by Gasteiger charge is -2.38. The van der Waals surface area contributed by atoms with Gasteiger partial charge in [-0.1, -0.05) is 57.0 Å². The van der Waals surface area contributed by atoms with Gasteiger partial charge in [-0.2, -0.15) is 0 Å². The van der Waals surface area contributed by atoms with Gasteiger partial charge in [0, 0.05) is 18.6 Å². The number of rotatable bonds is 8. The van der Waals surface area contributed by atoms with Gasteiger partial charge >= 0.3 is 0 Å². The lowest BCUT2D eigenvalue weighted by molar-refractivity contribution is -0.133. The minimum atomic E-state index is -3.04. The molecule has 1 aromatic heterocycles. The highest BCUT2D eigenvalue weighted by Crippen LogP contribution is 2.31. The van der Waals surface area contributed by atoms with E-state index >= 15 is 0 Å². The maximum atomic E-state index is 13.5. The standard InChI is InChI=1S/C24H35N3O3S2/c1-18(2)12-14-26-22-11-7-6-10-21(22)25-24(26)31-16-23(28)27(19-8-4-3-5-9-19)20-13-15-32(29,30)17-20/h6-7,10-11,18-20H,3-5,8-9,12-17H2,1-2H3/t20-/m0/s1. The molecule has 0 radical (unpaired) electrons. The highest BCUT2D eigenvalue weighted by molar-refractivity contribution is 7.99. The number of thioether (sulfide) groups is 1. The molecular weight excluding hydrogens is 442 g/mol. The van der Waals surface area contributed by atoms with Crippen LogP contribution in [0.25, 0.3) is 11.0 Å². The van der Waals surface area contributed by atoms with Gasteiger partial charge in [0.25, 0.3) is 0 Å². The minimum absolute atomic E-state index is 0.0615. The summed E-state index contributed by atoms with van der Waals surface area (Å²) in [6, 6.07) is 8.14. The fraction of sp³-hybridized carbons (Fsp3) is 0.667. The second-order valence-electron chi connectivity index (χ2n) is 9.66. The molecule has 0 spiro atoms. The largest absolute Gasteiger partial charge is 0.335 e. The normalized spacial score (nSPS) is 21.4. The fourth-order valence-electron chi connectivity index (χ4n) is 5.03. The van der Waals surface area contributed by atoms with Crippen LogP contribution in [0.1, 0.15) is 58.8 Å². The van der Waals surface area contributed by atoms with Gasteiger partial charge in [-0.15, -0.1) is 0 Å². The maximum Gasteiger partial charge on any atom is 0.233 e. The summed E-state index contributed by atoms with van der Waals surface area (Å²) in [6.07, 6.45) is 7.03. The quantitative estimate of drug-likeness (QED) is 0.523. The number of benzene rings is 1. The zero-order chi connectivity index (χ0) is 22.7. The molecule has 2 heterocycles. The number of imidazole rings is 1. The van der Waals surface area contributed by atoms with E-state index in [0.717, 1.165) is 54.8 Å². The van der Waals surface area contributed by atoms with Crippen molar-refractivity contribution in [3.8, 4) is 0 Å². The van der Waals surface area contributed by atoms with Crippen LogP contribution in [0.4, 0.5) is 0 Å². The average Bonchev–Trinajstić information content (AvgIpc) is 3.30. The first-order valence-electron chi connectivity index (χ1n) is 11.9. The molecule has 1 aliphatic heterocycles. The zero-order valence-corrected chi connectivity index (χ0v) is 20.8. The summed E-state index contributed by atoms with van der Waals surface area (Å²) in [5.74, 6) is 1.27. The lowest BCUT2D eigenvalue weighted by atomic mass is 9.93. The van der Waals surface area contributed by atoms with Crippen molar-refractivity contribution in [2.45, 2.75) is 82.6 Å². The number of hydrogen-bond acceptors (Lipinski definition) is 5. The van der Waals surface area contributed by atoms with Gasteiger partial charge in [0.05, 0.1) is 28.3 Å². The highest BCUT2D eigenvalue weighted by Gasteiger charge is 2.38. The molecule has 1 aromatic carbocycles. The summed E-state index contributed by atoms with van der Waals surface area (Å²) in [6.45, 7) is 5.31. The van der Waals surface area contributed by atoms with E-state index in [1.165, 1.54) is 18.2 Å². The molecular formula is C24H35N3O3S2. The molecule has 1 saturated carbocycles. The van der Waals surface area contributed by atoms with E-state index in [4.69, 9.17) is 4.98 Å². The summed E-state index contributed by atoms with van der Waals surface area (Å²) in [5, 5.41) is 0.878. The molecule has 1 atom stereocenters. The van der Waals surface area contributed by atoms with E-state index in [1.807, 2.05) is 23.1 Å². The first-order valence-corrected chi connectivity index (χ1v) is 14.7. The molecule has 1 aliphatic carbocycles. The Kier molecular flexibility index (Phi) is 7.50. The lowest BCUT2D eigenvalue weighted by Crippen LogP contribution is -2.49. The number of hydrogen-bond donors (Lipinski definition) is 0. The van der Waals surface area contributed by atoms with Gasteiger partial charge in [0.1, 0.15) is 0 Å². The number of aryl methyl sites for hydroxylation is 1. The number of nitrogens with zero attached hydrogens (tertiary/aromatic N) is 3. The molecule has 2 aromatic rings. The molecule has 4 rings (SSSR count). The van der Waals surface area contributed by atoms with Crippen molar-refractivity contribution >= 4 is 38.5 Å². The highest BCUT2D eigenvalue weighted by atomic mass is 32.2. The molecule has 1 saturated heterocycles. The molecule has 6 nitrogen and oxygen atoms in total. The van der Waals surface area contributed by atoms with E-state index in [-0.39, 0.29) is 29.5 Å². The summed E-state index contributed by atoms with van der Waals surface area (Å²) < 4.78 is 26.5. The van der Waals surface area contributed by atoms with E-state index in [2.05, 4.69) is 24.5 Å². The molecule has 0 N–H and O–H groups in total. The third kappa shape index (κ3) is 5.50. The third-order valence-electron chi connectivity index (χ3n) is 6.73. The van der Waals surface area contributed by atoms with Gasteiger partial charge in [-0.25, -0.2) is 13.4 Å². The van der Waals surface area contributed by atoms with Crippen molar-refractivity contribution < 1.29 is 13.2 Å². The molecule has 32 heavy (non-hydrogen) atoms. The molecule has 2 aliphatic rings. The number of aromatic nitrogens is 2. The Bertz CT molecular complexity index is 1040. The van der Waals surface area contributed by atoms with Gasteiger partial charge in [0.15, 0.2) is 15.0 Å². The number of sulfone groups is 1. The Morgan fingerprint density at radius 3 is 2.59 bits per heavy atom. The summed E-state index contributed by atoms with van der Waals surface area (Å²) in [4.78, 5) is 20.3. The Hall–Kier alpha value is -1.54. The summed E-state index contributed by atoms with van der Waals surface area (Å²) in [7, 11) is -3.04. The zero-order valence-electron chi connectivity index (χ0n) is 19.2. The van der Waals surface area contributed by atoms with Crippen molar-refractivity contribution in [1.82, 2.24) is 14.5 Å². The average molecular weight is 478 g/mol. The van der Waals surface area contributed by atoms with Crippen LogP contribution >= 0.6 is 11.8 Å². The maximum absolute atomic E-state index is 13.5. The van der Waals surface area contributed by atoms with Gasteiger partial charge in [-0.05, 0) is 43.7 Å². The Morgan fingerprint density at radius 2 is 1.91 bits per heavy atom. The molecule has 176 valence electrons. The first-order chi connectivity index (χ1) is 15.3. The fourth-order valence-corrected chi connectivity index (χ4v) is 7.65. The summed E-state index contributed by atoms with van der Waals surface area (Å²) >= 11 is 1.49. The van der Waals surface area contributed by atoms with E-state index in [1.54, 1.807) is 0 Å². The topological polar surface area (TPSA) is 72.3 Å². The summed E-state index contributed by atoms with van der Waals surface area (Å²) in [5.41, 5.74) is 2.06. The number of amides is 1. The predicted octanol–water partition coefficient (Wildman–Crippen LogP) is 4.52. The van der Waals surface area contributed by atoms with Crippen LogP contribution in [0.2, 0.25) is 0 Å². The van der Waals surface area contributed by atoms with Crippen LogP contribution in [0, 0.1) is 5.92 Å². The van der Waals surface area contributed by atoms with Crippen molar-refractivity contribution in [3.63, 3.8) is 0 Å². The first kappa shape index (κ1) is 23.6. The van der Waals surface area contributed by atoms with Crippen LogP contribution < -0.4 is 0 Å². The molecule has 2 fully saturated rings. The van der Waals surface area contributed by atoms with Crippen molar-refractivity contribution in [3.05, 3.63) is 24.3 Å². The molecule has 8 heteroatoms. The van der Waals surface area contributed by atoms with E-state index in [0.29, 0.717) is 18.1 Å². The van der Waals surface area contributed by atoms with Crippen LogP contribution in [-0.4, -0.2) is 58.1 Å². The Labute approximate surface area is 196 Å². The number of carbonyl (C=O) groups is 1. The predicted molar refractivity (Wildman–Crippen MR) is 131 cm³/mol. The molecule has 0 bridgehead atoms. The number of fused-ring (bicyclic) bond motifs is 1. The minimum Gasteiger partial charge on any atom is -0.335 e. The monoisotopic (exact) mass is 477 g/mol. The van der Waals surface area contributed by atoms with Gasteiger partial charge in [-0.3, -0.25) is 4.79 Å².